The van der Waals surface area contributed by atoms with Crippen molar-refractivity contribution in [3.05, 3.63) is 24.3 Å². The van der Waals surface area contributed by atoms with Crippen molar-refractivity contribution in [3.8, 4) is 0 Å². The summed E-state index contributed by atoms with van der Waals surface area (Å²) in [6.07, 6.45) is 63.4. The number of rotatable bonds is 77. The van der Waals surface area contributed by atoms with Crippen LogP contribution in [0.2, 0.25) is 0 Å². The number of carbonyl (C=O) groups excluding carboxylic acids is 4. The molecule has 0 amide bonds. The van der Waals surface area contributed by atoms with Gasteiger partial charge < -0.3 is 33.8 Å². The van der Waals surface area contributed by atoms with E-state index >= 15 is 0 Å². The van der Waals surface area contributed by atoms with Crippen molar-refractivity contribution < 1.29 is 80.2 Å². The van der Waals surface area contributed by atoms with Crippen LogP contribution in [0, 0.1) is 11.8 Å². The Hall–Kier alpha value is -2.46. The van der Waals surface area contributed by atoms with Crippen molar-refractivity contribution in [1.82, 2.24) is 0 Å². The van der Waals surface area contributed by atoms with Crippen molar-refractivity contribution in [3.63, 3.8) is 0 Å². The molecular formula is C80H152O17P2. The average molecular weight is 1450 g/mol. The summed E-state index contributed by atoms with van der Waals surface area (Å²) < 4.78 is 68.6. The lowest BCUT2D eigenvalue weighted by Gasteiger charge is -2.21. The molecule has 0 radical (unpaired) electrons. The van der Waals surface area contributed by atoms with Gasteiger partial charge in [-0.15, -0.1) is 0 Å². The van der Waals surface area contributed by atoms with Crippen molar-refractivity contribution >= 4 is 39.5 Å². The van der Waals surface area contributed by atoms with Gasteiger partial charge in [-0.1, -0.05) is 342 Å². The van der Waals surface area contributed by atoms with Gasteiger partial charge in [-0.3, -0.25) is 37.3 Å². The number of phosphoric acid groups is 2. The molecule has 0 aliphatic heterocycles. The first-order chi connectivity index (χ1) is 47.9. The van der Waals surface area contributed by atoms with E-state index in [-0.39, 0.29) is 25.7 Å². The van der Waals surface area contributed by atoms with Gasteiger partial charge in [0.15, 0.2) is 12.2 Å². The van der Waals surface area contributed by atoms with Gasteiger partial charge in [0.1, 0.15) is 19.3 Å². The second-order valence-corrected chi connectivity index (χ2v) is 31.7. The van der Waals surface area contributed by atoms with Crippen molar-refractivity contribution in [2.24, 2.45) is 11.8 Å². The van der Waals surface area contributed by atoms with E-state index in [0.29, 0.717) is 25.7 Å². The van der Waals surface area contributed by atoms with Crippen LogP contribution in [0.4, 0.5) is 0 Å². The molecule has 0 rings (SSSR count). The van der Waals surface area contributed by atoms with Gasteiger partial charge in [-0.2, -0.15) is 0 Å². The largest absolute Gasteiger partial charge is 0.472 e. The molecule has 0 aromatic heterocycles. The minimum absolute atomic E-state index is 0.102. The molecule has 0 saturated heterocycles. The van der Waals surface area contributed by atoms with Crippen LogP contribution in [0.15, 0.2) is 24.3 Å². The molecule has 0 aromatic rings. The van der Waals surface area contributed by atoms with Gasteiger partial charge in [0.25, 0.3) is 0 Å². The monoisotopic (exact) mass is 1450 g/mol. The number of aliphatic hydroxyl groups excluding tert-OH is 1. The molecule has 0 bridgehead atoms. The SMILES string of the molecule is CCCCCC/C=C\C=C/CCCCCCCC(=O)OC[C@H](COP(=O)(O)OC[C@@H](O)COP(=O)(O)OC[C@@H](COC(=O)CCCCCCCCCCC(C)C)OC(=O)CCCCCCCCCCC(C)CC)OC(=O)CCCCCCCCCCCCCCCCCCCCCCC. The molecule has 0 aliphatic carbocycles. The molecule has 17 nitrogen and oxygen atoms in total. The Morgan fingerprint density at radius 3 is 0.909 bits per heavy atom. The first-order valence-electron chi connectivity index (χ1n) is 40.8. The van der Waals surface area contributed by atoms with Crippen LogP contribution < -0.4 is 0 Å². The lowest BCUT2D eigenvalue weighted by molar-refractivity contribution is -0.161. The maximum atomic E-state index is 13.1. The maximum Gasteiger partial charge on any atom is 0.472 e. The Morgan fingerprint density at radius 2 is 0.596 bits per heavy atom. The van der Waals surface area contributed by atoms with Gasteiger partial charge >= 0.3 is 39.5 Å². The lowest BCUT2D eigenvalue weighted by atomic mass is 9.99. The molecule has 0 aliphatic rings. The average Bonchev–Trinajstić information content (AvgIpc) is 0.963. The fraction of sp³-hybridized carbons (Fsp3) is 0.900. The summed E-state index contributed by atoms with van der Waals surface area (Å²) in [6, 6.07) is 0. The molecule has 0 saturated carbocycles. The fourth-order valence-electron chi connectivity index (χ4n) is 11.8. The Kier molecular flexibility index (Phi) is 69.4. The highest BCUT2D eigenvalue weighted by Gasteiger charge is 2.30. The smallest absolute Gasteiger partial charge is 0.462 e. The topological polar surface area (TPSA) is 237 Å². The molecule has 0 aromatic carbocycles. The van der Waals surface area contributed by atoms with Crippen molar-refractivity contribution in [2.45, 2.75) is 413 Å². The quantitative estimate of drug-likeness (QED) is 0.0169. The third kappa shape index (κ3) is 72.3. The summed E-state index contributed by atoms with van der Waals surface area (Å²) in [4.78, 5) is 72.9. The van der Waals surface area contributed by atoms with Gasteiger partial charge in [0, 0.05) is 25.7 Å². The minimum Gasteiger partial charge on any atom is -0.462 e. The van der Waals surface area contributed by atoms with E-state index in [1.165, 1.54) is 193 Å². The van der Waals surface area contributed by atoms with Crippen LogP contribution in [0.5, 0.6) is 0 Å². The minimum atomic E-state index is -4.97. The van der Waals surface area contributed by atoms with Crippen molar-refractivity contribution in [2.75, 3.05) is 39.6 Å². The third-order valence-corrected chi connectivity index (χ3v) is 20.3. The Balaban J connectivity index is 5.26. The Labute approximate surface area is 605 Å². The van der Waals surface area contributed by atoms with E-state index in [0.717, 1.165) is 121 Å². The highest BCUT2D eigenvalue weighted by Crippen LogP contribution is 2.45. The molecule has 0 fully saturated rings. The number of phosphoric ester groups is 2. The number of esters is 4. The van der Waals surface area contributed by atoms with Gasteiger partial charge in [-0.05, 0) is 63.2 Å². The zero-order valence-corrected chi connectivity index (χ0v) is 66.1. The lowest BCUT2D eigenvalue weighted by Crippen LogP contribution is -2.30. The Bertz CT molecular complexity index is 2000. The number of hydrogen-bond donors (Lipinski definition) is 3. The summed E-state index contributed by atoms with van der Waals surface area (Å²) in [7, 11) is -9.93. The summed E-state index contributed by atoms with van der Waals surface area (Å²) in [5.74, 6) is -0.652. The number of allylic oxidation sites excluding steroid dienone is 4. The number of hydrogen-bond acceptors (Lipinski definition) is 15. The standard InChI is InChI=1S/C80H152O17P2/c1-7-10-12-14-16-18-20-22-24-25-26-27-28-29-31-33-35-37-46-52-58-64-79(84)96-75(68-90-77(82)62-56-50-44-36-34-32-30-23-21-19-17-15-13-11-8-2)70-94-98(86,87)92-66-74(81)67-93-99(88,89)95-71-76(69-91-78(83)63-57-51-45-40-38-42-48-54-60-72(4)5)97-80(85)65-59-53-47-41-39-43-49-55-61-73(6)9-3/h19,21,23,30,72-76,81H,7-18,20,22,24-29,31-71H2,1-6H3,(H,86,87)(H,88,89)/b21-19-,30-23-/t73?,74-,75-,76-/m1/s1. The van der Waals surface area contributed by atoms with E-state index in [9.17, 15) is 43.2 Å². The van der Waals surface area contributed by atoms with Crippen LogP contribution >= 0.6 is 15.6 Å². The molecule has 19 heteroatoms. The number of unbranched alkanes of at least 4 members (excludes halogenated alkanes) is 43. The van der Waals surface area contributed by atoms with Gasteiger partial charge in [-0.25, -0.2) is 9.13 Å². The molecule has 99 heavy (non-hydrogen) atoms. The third-order valence-electron chi connectivity index (χ3n) is 18.4. The van der Waals surface area contributed by atoms with E-state index in [2.05, 4.69) is 65.8 Å². The van der Waals surface area contributed by atoms with E-state index < -0.39 is 97.5 Å². The van der Waals surface area contributed by atoms with Crippen LogP contribution in [-0.2, 0) is 65.4 Å². The summed E-state index contributed by atoms with van der Waals surface area (Å²) >= 11 is 0. The molecule has 6 atom stereocenters. The zero-order chi connectivity index (χ0) is 72.8. The first-order valence-corrected chi connectivity index (χ1v) is 43.8. The normalized spacial score (nSPS) is 14.4. The maximum absolute atomic E-state index is 13.1. The predicted octanol–water partition coefficient (Wildman–Crippen LogP) is 23.4. The molecule has 3 N–H and O–H groups in total. The highest BCUT2D eigenvalue weighted by atomic mass is 31.2. The second-order valence-electron chi connectivity index (χ2n) is 28.8. The second kappa shape index (κ2) is 71.2. The zero-order valence-electron chi connectivity index (χ0n) is 64.3. The number of aliphatic hydroxyl groups is 1. The molecule has 3 unspecified atom stereocenters. The summed E-state index contributed by atoms with van der Waals surface area (Å²) in [5.41, 5.74) is 0. The number of carbonyl (C=O) groups is 4. The van der Waals surface area contributed by atoms with Crippen LogP contribution in [0.25, 0.3) is 0 Å². The fourth-order valence-corrected chi connectivity index (χ4v) is 13.4. The van der Waals surface area contributed by atoms with Gasteiger partial charge in [0.2, 0.25) is 0 Å². The molecule has 584 valence electrons. The van der Waals surface area contributed by atoms with Crippen LogP contribution in [0.3, 0.4) is 0 Å². The Morgan fingerprint density at radius 1 is 0.333 bits per heavy atom. The van der Waals surface area contributed by atoms with Crippen LogP contribution in [-0.4, -0.2) is 96.7 Å². The highest BCUT2D eigenvalue weighted by molar-refractivity contribution is 7.47. The molecule has 0 spiro atoms. The van der Waals surface area contributed by atoms with E-state index in [1.54, 1.807) is 0 Å². The first kappa shape index (κ1) is 96.5. The number of ether oxygens (including phenoxy) is 4. The van der Waals surface area contributed by atoms with E-state index in [4.69, 9.17) is 37.0 Å². The molecular weight excluding hydrogens is 1290 g/mol. The molecule has 0 heterocycles. The van der Waals surface area contributed by atoms with Gasteiger partial charge in [0.05, 0.1) is 26.4 Å². The van der Waals surface area contributed by atoms with Crippen molar-refractivity contribution in [1.29, 1.82) is 0 Å². The van der Waals surface area contributed by atoms with E-state index in [1.807, 2.05) is 0 Å². The van der Waals surface area contributed by atoms with Crippen LogP contribution in [0.1, 0.15) is 395 Å². The summed E-state index contributed by atoms with van der Waals surface area (Å²) in [6.45, 7) is 9.51. The summed E-state index contributed by atoms with van der Waals surface area (Å²) in [5, 5.41) is 10.6. The predicted molar refractivity (Wildman–Crippen MR) is 404 cm³/mol.